The maximum Gasteiger partial charge on any atom is 0.255 e. The summed E-state index contributed by atoms with van der Waals surface area (Å²) in [4.78, 5) is 24.3. The molecule has 2 amide bonds. The number of hydrogen-bond acceptors (Lipinski definition) is 2. The molecule has 0 radical (unpaired) electrons. The molecular weight excluding hydrogens is 300 g/mol. The van der Waals surface area contributed by atoms with Crippen LogP contribution >= 0.6 is 0 Å². The van der Waals surface area contributed by atoms with Crippen molar-refractivity contribution in [1.29, 1.82) is 0 Å². The summed E-state index contributed by atoms with van der Waals surface area (Å²) in [5, 5.41) is 5.73. The summed E-state index contributed by atoms with van der Waals surface area (Å²) in [6.45, 7) is 8.76. The molecule has 4 nitrogen and oxygen atoms in total. The Bertz CT molecular complexity index is 734. The number of benzene rings is 2. The molecule has 0 saturated heterocycles. The van der Waals surface area contributed by atoms with E-state index in [1.807, 2.05) is 45.9 Å². The monoisotopic (exact) mass is 324 g/mol. The minimum Gasteiger partial charge on any atom is -0.352 e. The van der Waals surface area contributed by atoms with Crippen LogP contribution in [-0.4, -0.2) is 18.4 Å². The first-order chi connectivity index (χ1) is 11.4. The Kier molecular flexibility index (Phi) is 5.74. The van der Waals surface area contributed by atoms with Crippen LogP contribution in [0.1, 0.15) is 45.7 Å². The molecule has 2 rings (SSSR count). The Morgan fingerprint density at radius 1 is 0.875 bits per heavy atom. The SMILES string of the molecule is Cc1ccc(NC(=O)c2ccc(C(=O)NCC(C)C)cc2)cc1C. The maximum atomic E-state index is 12.3. The number of carbonyl (C=O) groups is 2. The number of rotatable bonds is 5. The van der Waals surface area contributed by atoms with Gasteiger partial charge in [-0.05, 0) is 67.3 Å². The van der Waals surface area contributed by atoms with E-state index >= 15 is 0 Å². The molecule has 4 heteroatoms. The molecule has 0 spiro atoms. The molecule has 0 bridgehead atoms. The van der Waals surface area contributed by atoms with Gasteiger partial charge in [-0.1, -0.05) is 19.9 Å². The van der Waals surface area contributed by atoms with Crippen LogP contribution < -0.4 is 10.6 Å². The summed E-state index contributed by atoms with van der Waals surface area (Å²) in [7, 11) is 0. The molecule has 126 valence electrons. The van der Waals surface area contributed by atoms with E-state index in [9.17, 15) is 9.59 Å². The van der Waals surface area contributed by atoms with Gasteiger partial charge in [0.05, 0.1) is 0 Å². The molecule has 0 atom stereocenters. The van der Waals surface area contributed by atoms with E-state index in [-0.39, 0.29) is 11.8 Å². The minimum atomic E-state index is -0.188. The molecular formula is C20H24N2O2. The summed E-state index contributed by atoms with van der Waals surface area (Å²) < 4.78 is 0. The fourth-order valence-corrected chi connectivity index (χ4v) is 2.19. The van der Waals surface area contributed by atoms with Crippen LogP contribution in [0.3, 0.4) is 0 Å². The largest absolute Gasteiger partial charge is 0.352 e. The fourth-order valence-electron chi connectivity index (χ4n) is 2.19. The van der Waals surface area contributed by atoms with Crippen LogP contribution in [0.15, 0.2) is 42.5 Å². The number of amides is 2. The highest BCUT2D eigenvalue weighted by Crippen LogP contribution is 2.15. The third-order valence-electron chi connectivity index (χ3n) is 3.84. The van der Waals surface area contributed by atoms with Gasteiger partial charge in [-0.2, -0.15) is 0 Å². The van der Waals surface area contributed by atoms with Crippen LogP contribution in [0, 0.1) is 19.8 Å². The van der Waals surface area contributed by atoms with Crippen molar-refractivity contribution >= 4 is 17.5 Å². The predicted octanol–water partition coefficient (Wildman–Crippen LogP) is 3.94. The molecule has 0 fully saturated rings. The lowest BCUT2D eigenvalue weighted by molar-refractivity contribution is 0.0947. The lowest BCUT2D eigenvalue weighted by Gasteiger charge is -2.09. The summed E-state index contributed by atoms with van der Waals surface area (Å²) in [5.41, 5.74) is 4.16. The second-order valence-corrected chi connectivity index (χ2v) is 6.43. The van der Waals surface area contributed by atoms with Crippen LogP contribution in [0.5, 0.6) is 0 Å². The number of aryl methyl sites for hydroxylation is 2. The van der Waals surface area contributed by atoms with Crippen molar-refractivity contribution in [2.75, 3.05) is 11.9 Å². The van der Waals surface area contributed by atoms with Crippen molar-refractivity contribution in [2.24, 2.45) is 5.92 Å². The van der Waals surface area contributed by atoms with Crippen LogP contribution in [-0.2, 0) is 0 Å². The highest BCUT2D eigenvalue weighted by atomic mass is 16.2. The molecule has 24 heavy (non-hydrogen) atoms. The van der Waals surface area contributed by atoms with E-state index in [1.165, 1.54) is 5.56 Å². The summed E-state index contributed by atoms with van der Waals surface area (Å²) in [6.07, 6.45) is 0. The maximum absolute atomic E-state index is 12.3. The van der Waals surface area contributed by atoms with Gasteiger partial charge in [0.25, 0.3) is 11.8 Å². The van der Waals surface area contributed by atoms with Gasteiger partial charge in [-0.25, -0.2) is 0 Å². The number of carbonyl (C=O) groups excluding carboxylic acids is 2. The van der Waals surface area contributed by atoms with E-state index in [0.29, 0.717) is 23.6 Å². The summed E-state index contributed by atoms with van der Waals surface area (Å²) >= 11 is 0. The van der Waals surface area contributed by atoms with Gasteiger partial charge in [-0.3, -0.25) is 9.59 Å². The standard InChI is InChI=1S/C20H24N2O2/c1-13(2)12-21-19(23)16-6-8-17(9-7-16)20(24)22-18-10-5-14(3)15(4)11-18/h5-11,13H,12H2,1-4H3,(H,21,23)(H,22,24). The molecule has 0 aliphatic carbocycles. The molecule has 2 aromatic rings. The molecule has 0 heterocycles. The van der Waals surface area contributed by atoms with Crippen LogP contribution in [0.25, 0.3) is 0 Å². The Hall–Kier alpha value is -2.62. The van der Waals surface area contributed by atoms with Crippen molar-refractivity contribution in [3.63, 3.8) is 0 Å². The van der Waals surface area contributed by atoms with Gasteiger partial charge in [-0.15, -0.1) is 0 Å². The third-order valence-corrected chi connectivity index (χ3v) is 3.84. The summed E-state index contributed by atoms with van der Waals surface area (Å²) in [5.74, 6) is 0.0918. The van der Waals surface area contributed by atoms with Gasteiger partial charge in [0.2, 0.25) is 0 Å². The van der Waals surface area contributed by atoms with E-state index in [4.69, 9.17) is 0 Å². The number of nitrogens with one attached hydrogen (secondary N) is 2. The van der Waals surface area contributed by atoms with Crippen LogP contribution in [0.2, 0.25) is 0 Å². The van der Waals surface area contributed by atoms with E-state index in [0.717, 1.165) is 11.3 Å². The highest BCUT2D eigenvalue weighted by Gasteiger charge is 2.10. The topological polar surface area (TPSA) is 58.2 Å². The van der Waals surface area contributed by atoms with Gasteiger partial charge >= 0.3 is 0 Å². The van der Waals surface area contributed by atoms with Crippen molar-refractivity contribution in [3.05, 3.63) is 64.7 Å². The Balaban J connectivity index is 2.02. The van der Waals surface area contributed by atoms with Gasteiger partial charge in [0, 0.05) is 23.4 Å². The van der Waals surface area contributed by atoms with Gasteiger partial charge in [0.15, 0.2) is 0 Å². The van der Waals surface area contributed by atoms with Crippen molar-refractivity contribution < 1.29 is 9.59 Å². The first kappa shape index (κ1) is 17.7. The van der Waals surface area contributed by atoms with Crippen molar-refractivity contribution in [3.8, 4) is 0 Å². The normalized spacial score (nSPS) is 10.5. The first-order valence-electron chi connectivity index (χ1n) is 8.13. The van der Waals surface area contributed by atoms with Crippen molar-refractivity contribution in [2.45, 2.75) is 27.7 Å². The zero-order chi connectivity index (χ0) is 17.7. The Morgan fingerprint density at radius 3 is 2.00 bits per heavy atom. The minimum absolute atomic E-state index is 0.121. The molecule has 0 aromatic heterocycles. The lowest BCUT2D eigenvalue weighted by atomic mass is 10.1. The van der Waals surface area contributed by atoms with E-state index in [1.54, 1.807) is 24.3 Å². The lowest BCUT2D eigenvalue weighted by Crippen LogP contribution is -2.27. The second-order valence-electron chi connectivity index (χ2n) is 6.43. The van der Waals surface area contributed by atoms with Crippen LogP contribution in [0.4, 0.5) is 5.69 Å². The first-order valence-corrected chi connectivity index (χ1v) is 8.13. The van der Waals surface area contributed by atoms with Gasteiger partial charge < -0.3 is 10.6 Å². The molecule has 0 unspecified atom stereocenters. The predicted molar refractivity (Wildman–Crippen MR) is 97.5 cm³/mol. The van der Waals surface area contributed by atoms with E-state index in [2.05, 4.69) is 10.6 Å². The van der Waals surface area contributed by atoms with Gasteiger partial charge in [0.1, 0.15) is 0 Å². The quantitative estimate of drug-likeness (QED) is 0.875. The zero-order valence-corrected chi connectivity index (χ0v) is 14.6. The average molecular weight is 324 g/mol. The average Bonchev–Trinajstić information content (AvgIpc) is 2.56. The second kappa shape index (κ2) is 7.77. The molecule has 2 aromatic carbocycles. The Labute approximate surface area is 143 Å². The molecule has 2 N–H and O–H groups in total. The third kappa shape index (κ3) is 4.69. The molecule has 0 aliphatic heterocycles. The fraction of sp³-hybridized carbons (Fsp3) is 0.300. The molecule has 0 aliphatic rings. The molecule has 0 saturated carbocycles. The summed E-state index contributed by atoms with van der Waals surface area (Å²) in [6, 6.07) is 12.5. The van der Waals surface area contributed by atoms with Crippen molar-refractivity contribution in [1.82, 2.24) is 5.32 Å². The number of anilines is 1. The highest BCUT2D eigenvalue weighted by molar-refractivity contribution is 6.05. The van der Waals surface area contributed by atoms with E-state index < -0.39 is 0 Å². The Morgan fingerprint density at radius 2 is 1.46 bits per heavy atom. The zero-order valence-electron chi connectivity index (χ0n) is 14.6. The number of hydrogen-bond donors (Lipinski definition) is 2. The smallest absolute Gasteiger partial charge is 0.255 e.